The maximum Gasteiger partial charge on any atom is 0.161 e. The van der Waals surface area contributed by atoms with Gasteiger partial charge < -0.3 is 19.2 Å². The number of ether oxygens (including phenoxy) is 3. The van der Waals surface area contributed by atoms with Crippen molar-refractivity contribution in [3.8, 4) is 34.7 Å². The minimum atomic E-state index is 0.282. The Bertz CT molecular complexity index is 1210. The average molecular weight is 385 g/mol. The predicted molar refractivity (Wildman–Crippen MR) is 110 cm³/mol. The quantitative estimate of drug-likeness (QED) is 0.520. The Kier molecular flexibility index (Phi) is 5.04. The van der Waals surface area contributed by atoms with E-state index in [1.54, 1.807) is 20.3 Å². The topological polar surface area (TPSA) is 80.2 Å². The highest BCUT2D eigenvalue weighted by molar-refractivity contribution is 5.81. The molecule has 0 saturated carbocycles. The molecular weight excluding hydrogens is 366 g/mol. The molecule has 0 saturated heterocycles. The van der Waals surface area contributed by atoms with E-state index in [0.29, 0.717) is 17.1 Å². The van der Waals surface area contributed by atoms with Crippen molar-refractivity contribution in [2.24, 2.45) is 0 Å². The van der Waals surface area contributed by atoms with E-state index < -0.39 is 0 Å². The Hall–Kier alpha value is -3.98. The van der Waals surface area contributed by atoms with Crippen LogP contribution < -0.4 is 14.2 Å². The lowest BCUT2D eigenvalue weighted by atomic mass is 10.1. The smallest absolute Gasteiger partial charge is 0.161 e. The third-order valence-electron chi connectivity index (χ3n) is 4.65. The number of benzene rings is 3. The first-order valence-electron chi connectivity index (χ1n) is 9.05. The molecule has 4 rings (SSSR count). The van der Waals surface area contributed by atoms with Gasteiger partial charge in [0.2, 0.25) is 0 Å². The summed E-state index contributed by atoms with van der Waals surface area (Å²) in [6.07, 6.45) is 0. The number of H-pyrrole nitrogens is 1. The van der Waals surface area contributed by atoms with Gasteiger partial charge >= 0.3 is 0 Å². The van der Waals surface area contributed by atoms with E-state index >= 15 is 0 Å². The molecule has 6 heteroatoms. The first-order valence-corrected chi connectivity index (χ1v) is 9.05. The van der Waals surface area contributed by atoms with Crippen molar-refractivity contribution < 1.29 is 14.2 Å². The molecule has 0 aliphatic carbocycles. The van der Waals surface area contributed by atoms with Gasteiger partial charge in [-0.15, -0.1) is 0 Å². The van der Waals surface area contributed by atoms with Crippen LogP contribution in [0.2, 0.25) is 0 Å². The van der Waals surface area contributed by atoms with E-state index in [9.17, 15) is 5.26 Å². The monoisotopic (exact) mass is 385 g/mol. The molecule has 0 fully saturated rings. The van der Waals surface area contributed by atoms with Gasteiger partial charge in [0.05, 0.1) is 36.9 Å². The molecule has 0 amide bonds. The number of fused-ring (bicyclic) bond motifs is 1. The third-order valence-corrected chi connectivity index (χ3v) is 4.65. The molecule has 0 atom stereocenters. The molecular formula is C23H19N3O3. The Morgan fingerprint density at radius 3 is 2.62 bits per heavy atom. The number of nitriles is 1. The van der Waals surface area contributed by atoms with Gasteiger partial charge in [0, 0.05) is 17.2 Å². The van der Waals surface area contributed by atoms with Gasteiger partial charge in [0.15, 0.2) is 11.5 Å². The highest BCUT2D eigenvalue weighted by Gasteiger charge is 2.12. The minimum absolute atomic E-state index is 0.282. The molecule has 1 heterocycles. The SMILES string of the molecule is COc1ccc2nc(-c3ccc(OCc4ccccc4C#N)c(OC)c3)[nH]c2c1. The maximum absolute atomic E-state index is 9.22. The van der Waals surface area contributed by atoms with Crippen LogP contribution in [-0.4, -0.2) is 24.2 Å². The van der Waals surface area contributed by atoms with Gasteiger partial charge in [-0.2, -0.15) is 5.26 Å². The predicted octanol–water partition coefficient (Wildman–Crippen LogP) is 4.70. The standard InChI is InChI=1S/C23H19N3O3/c1-27-18-8-9-19-20(12-18)26-23(25-19)15-7-10-21(22(11-15)28-2)29-14-17-6-4-3-5-16(17)13-24/h3-12H,14H2,1-2H3,(H,25,26). The van der Waals surface area contributed by atoms with Crippen molar-refractivity contribution in [1.82, 2.24) is 9.97 Å². The molecule has 0 aliphatic heterocycles. The summed E-state index contributed by atoms with van der Waals surface area (Å²) in [4.78, 5) is 7.94. The summed E-state index contributed by atoms with van der Waals surface area (Å²) in [5.74, 6) is 2.69. The van der Waals surface area contributed by atoms with Gasteiger partial charge in [0.1, 0.15) is 18.2 Å². The Morgan fingerprint density at radius 2 is 1.83 bits per heavy atom. The first kappa shape index (κ1) is 18.4. The number of imidazole rings is 1. The largest absolute Gasteiger partial charge is 0.497 e. The fourth-order valence-corrected chi connectivity index (χ4v) is 3.10. The molecule has 0 spiro atoms. The van der Waals surface area contributed by atoms with Crippen LogP contribution in [-0.2, 0) is 6.61 Å². The molecule has 4 aromatic rings. The molecule has 0 radical (unpaired) electrons. The second-order valence-corrected chi connectivity index (χ2v) is 6.39. The number of nitrogens with zero attached hydrogens (tertiary/aromatic N) is 2. The van der Waals surface area contributed by atoms with Crippen LogP contribution in [0, 0.1) is 11.3 Å². The van der Waals surface area contributed by atoms with Gasteiger partial charge in [0.25, 0.3) is 0 Å². The van der Waals surface area contributed by atoms with Crippen molar-refractivity contribution in [2.75, 3.05) is 14.2 Å². The summed E-state index contributed by atoms with van der Waals surface area (Å²) in [5.41, 5.74) is 4.05. The summed E-state index contributed by atoms with van der Waals surface area (Å²) in [6.45, 7) is 0.282. The second-order valence-electron chi connectivity index (χ2n) is 6.39. The fourth-order valence-electron chi connectivity index (χ4n) is 3.10. The highest BCUT2D eigenvalue weighted by Crippen LogP contribution is 2.33. The van der Waals surface area contributed by atoms with Crippen molar-refractivity contribution in [3.05, 3.63) is 71.8 Å². The molecule has 144 valence electrons. The van der Waals surface area contributed by atoms with Crippen LogP contribution in [0.15, 0.2) is 60.7 Å². The molecule has 1 N–H and O–H groups in total. The van der Waals surface area contributed by atoms with Gasteiger partial charge in [-0.05, 0) is 36.4 Å². The van der Waals surface area contributed by atoms with Gasteiger partial charge in [-0.25, -0.2) is 4.98 Å². The van der Waals surface area contributed by atoms with E-state index in [-0.39, 0.29) is 6.61 Å². The van der Waals surface area contributed by atoms with Crippen LogP contribution in [0.3, 0.4) is 0 Å². The van der Waals surface area contributed by atoms with Crippen molar-refractivity contribution in [3.63, 3.8) is 0 Å². The average Bonchev–Trinajstić information content (AvgIpc) is 3.21. The van der Waals surface area contributed by atoms with E-state index in [2.05, 4.69) is 16.0 Å². The number of methoxy groups -OCH3 is 2. The number of aromatic amines is 1. The van der Waals surface area contributed by atoms with Gasteiger partial charge in [-0.1, -0.05) is 18.2 Å². The summed E-state index contributed by atoms with van der Waals surface area (Å²) >= 11 is 0. The number of hydrogen-bond acceptors (Lipinski definition) is 5. The number of hydrogen-bond donors (Lipinski definition) is 1. The molecule has 29 heavy (non-hydrogen) atoms. The number of aromatic nitrogens is 2. The normalized spacial score (nSPS) is 10.5. The maximum atomic E-state index is 9.22. The van der Waals surface area contributed by atoms with Crippen molar-refractivity contribution >= 4 is 11.0 Å². The van der Waals surface area contributed by atoms with Crippen molar-refractivity contribution in [1.29, 1.82) is 5.26 Å². The Labute approximate surface area is 168 Å². The first-order chi connectivity index (χ1) is 14.2. The molecule has 3 aromatic carbocycles. The summed E-state index contributed by atoms with van der Waals surface area (Å²) in [5, 5.41) is 9.22. The zero-order valence-electron chi connectivity index (χ0n) is 16.1. The van der Waals surface area contributed by atoms with E-state index in [1.165, 1.54) is 0 Å². The third kappa shape index (κ3) is 3.71. The number of nitrogens with one attached hydrogen (secondary N) is 1. The highest BCUT2D eigenvalue weighted by atomic mass is 16.5. The summed E-state index contributed by atoms with van der Waals surface area (Å²) in [7, 11) is 3.23. The van der Waals surface area contributed by atoms with Crippen molar-refractivity contribution in [2.45, 2.75) is 6.61 Å². The lowest BCUT2D eigenvalue weighted by molar-refractivity contribution is 0.284. The van der Waals surface area contributed by atoms with Crippen LogP contribution in [0.4, 0.5) is 0 Å². The van der Waals surface area contributed by atoms with Crippen LogP contribution >= 0.6 is 0 Å². The lowest BCUT2D eigenvalue weighted by Crippen LogP contribution is -2.00. The minimum Gasteiger partial charge on any atom is -0.497 e. The van der Waals surface area contributed by atoms with Crippen LogP contribution in [0.25, 0.3) is 22.4 Å². The number of rotatable bonds is 6. The second kappa shape index (κ2) is 7.95. The Morgan fingerprint density at radius 1 is 0.966 bits per heavy atom. The molecule has 6 nitrogen and oxygen atoms in total. The molecule has 1 aromatic heterocycles. The fraction of sp³-hybridized carbons (Fsp3) is 0.130. The van der Waals surface area contributed by atoms with E-state index in [4.69, 9.17) is 14.2 Å². The van der Waals surface area contributed by atoms with E-state index in [1.807, 2.05) is 54.6 Å². The summed E-state index contributed by atoms with van der Waals surface area (Å²) in [6, 6.07) is 20.9. The van der Waals surface area contributed by atoms with Crippen LogP contribution in [0.1, 0.15) is 11.1 Å². The molecule has 0 bridgehead atoms. The van der Waals surface area contributed by atoms with Crippen LogP contribution in [0.5, 0.6) is 17.2 Å². The van der Waals surface area contributed by atoms with E-state index in [0.717, 1.165) is 33.7 Å². The zero-order valence-corrected chi connectivity index (χ0v) is 16.1. The Balaban J connectivity index is 1.60. The van der Waals surface area contributed by atoms with Gasteiger partial charge in [-0.3, -0.25) is 0 Å². The zero-order chi connectivity index (χ0) is 20.2. The lowest BCUT2D eigenvalue weighted by Gasteiger charge is -2.12. The summed E-state index contributed by atoms with van der Waals surface area (Å²) < 4.78 is 16.7. The molecule has 0 aliphatic rings. The molecule has 0 unspecified atom stereocenters.